The van der Waals surface area contributed by atoms with Crippen LogP contribution < -0.4 is 0 Å². The molecule has 0 fully saturated rings. The van der Waals surface area contributed by atoms with E-state index in [1.54, 1.807) is 6.07 Å². The Labute approximate surface area is 133 Å². The summed E-state index contributed by atoms with van der Waals surface area (Å²) < 4.78 is 0. The molecule has 0 saturated heterocycles. The summed E-state index contributed by atoms with van der Waals surface area (Å²) in [6.45, 7) is 1.97. The summed E-state index contributed by atoms with van der Waals surface area (Å²) in [6.07, 6.45) is 1.81. The second-order valence-corrected chi connectivity index (χ2v) is 5.44. The van der Waals surface area contributed by atoms with Crippen LogP contribution in [0.2, 0.25) is 5.02 Å². The Kier molecular flexibility index (Phi) is 3.98. The van der Waals surface area contributed by atoms with Crippen LogP contribution >= 0.6 is 11.6 Å². The number of benzene rings is 2. The minimum Gasteiger partial charge on any atom is -0.507 e. The molecule has 2 aromatic heterocycles. The van der Waals surface area contributed by atoms with E-state index in [1.165, 1.54) is 0 Å². The van der Waals surface area contributed by atoms with Crippen LogP contribution in [0.3, 0.4) is 0 Å². The van der Waals surface area contributed by atoms with Crippen LogP contribution in [0.1, 0.15) is 5.69 Å². The predicted octanol–water partition coefficient (Wildman–Crippen LogP) is 5.07. The molecule has 22 heavy (non-hydrogen) atoms. The van der Waals surface area contributed by atoms with Crippen LogP contribution in [0.15, 0.2) is 60.8 Å². The molecule has 0 atom stereocenters. The van der Waals surface area contributed by atoms with E-state index < -0.39 is 0 Å². The maximum Gasteiger partial charge on any atom is 0.124 e. The van der Waals surface area contributed by atoms with E-state index in [2.05, 4.69) is 9.97 Å². The molecule has 0 radical (unpaired) electrons. The second-order valence-electron chi connectivity index (χ2n) is 5.01. The zero-order chi connectivity index (χ0) is 15.5. The molecule has 3 nitrogen and oxygen atoms in total. The van der Waals surface area contributed by atoms with Gasteiger partial charge in [0.05, 0.1) is 5.52 Å². The van der Waals surface area contributed by atoms with Crippen molar-refractivity contribution in [2.24, 2.45) is 0 Å². The lowest BCUT2D eigenvalue weighted by Crippen LogP contribution is -1.81. The van der Waals surface area contributed by atoms with Gasteiger partial charge in [0.15, 0.2) is 0 Å². The minimum absolute atomic E-state index is 0.332. The summed E-state index contributed by atoms with van der Waals surface area (Å²) >= 11 is 5.83. The lowest BCUT2D eigenvalue weighted by atomic mass is 10.2. The number of fused-ring (bicyclic) bond motifs is 2. The number of aryl methyl sites for hydroxylation is 1. The molecule has 2 heterocycles. The third-order valence-corrected chi connectivity index (χ3v) is 3.60. The number of aromatic amines is 1. The van der Waals surface area contributed by atoms with E-state index in [4.69, 9.17) is 11.6 Å². The highest BCUT2D eigenvalue weighted by molar-refractivity contribution is 6.31. The number of halogens is 1. The molecule has 110 valence electrons. The number of rotatable bonds is 0. The molecule has 0 aliphatic heterocycles. The molecular formula is C18H15ClN2O. The molecule has 2 aromatic carbocycles. The quantitative estimate of drug-likeness (QED) is 0.476. The Bertz CT molecular complexity index is 894. The van der Waals surface area contributed by atoms with Gasteiger partial charge in [-0.05, 0) is 43.3 Å². The maximum atomic E-state index is 9.24. The van der Waals surface area contributed by atoms with Crippen molar-refractivity contribution in [1.82, 2.24) is 9.97 Å². The number of H-pyrrole nitrogens is 1. The van der Waals surface area contributed by atoms with Gasteiger partial charge >= 0.3 is 0 Å². The van der Waals surface area contributed by atoms with Crippen LogP contribution in [0.25, 0.3) is 21.8 Å². The van der Waals surface area contributed by atoms with Crippen LogP contribution in [0.4, 0.5) is 0 Å². The zero-order valence-corrected chi connectivity index (χ0v) is 12.8. The third kappa shape index (κ3) is 3.05. The summed E-state index contributed by atoms with van der Waals surface area (Å²) in [5.74, 6) is 0.332. The lowest BCUT2D eigenvalue weighted by molar-refractivity contribution is 0.482. The van der Waals surface area contributed by atoms with Crippen LogP contribution in [-0.4, -0.2) is 15.1 Å². The van der Waals surface area contributed by atoms with Crippen LogP contribution in [-0.2, 0) is 0 Å². The maximum absolute atomic E-state index is 9.24. The highest BCUT2D eigenvalue weighted by Gasteiger charge is 1.96. The van der Waals surface area contributed by atoms with Crippen molar-refractivity contribution in [2.45, 2.75) is 6.92 Å². The number of nitrogens with zero attached hydrogens (tertiary/aromatic N) is 1. The van der Waals surface area contributed by atoms with E-state index >= 15 is 0 Å². The molecule has 0 bridgehead atoms. The molecule has 4 aromatic rings. The fraction of sp³-hybridized carbons (Fsp3) is 0.0556. The highest BCUT2D eigenvalue weighted by atomic mass is 35.5. The van der Waals surface area contributed by atoms with Crippen molar-refractivity contribution in [3.8, 4) is 5.75 Å². The average molecular weight is 311 g/mol. The van der Waals surface area contributed by atoms with E-state index in [9.17, 15) is 5.11 Å². The topological polar surface area (TPSA) is 48.9 Å². The Morgan fingerprint density at radius 3 is 2.68 bits per heavy atom. The summed E-state index contributed by atoms with van der Waals surface area (Å²) in [6, 6.07) is 17.0. The predicted molar refractivity (Wildman–Crippen MR) is 91.5 cm³/mol. The Morgan fingerprint density at radius 1 is 1.05 bits per heavy atom. The van der Waals surface area contributed by atoms with Gasteiger partial charge in [-0.3, -0.25) is 4.98 Å². The Morgan fingerprint density at radius 2 is 1.86 bits per heavy atom. The number of phenols is 1. The minimum atomic E-state index is 0.332. The summed E-state index contributed by atoms with van der Waals surface area (Å²) in [4.78, 5) is 7.35. The number of aromatic hydroxyl groups is 1. The largest absolute Gasteiger partial charge is 0.507 e. The van der Waals surface area contributed by atoms with E-state index in [0.717, 1.165) is 32.5 Å². The average Bonchev–Trinajstić information content (AvgIpc) is 2.97. The van der Waals surface area contributed by atoms with Crippen molar-refractivity contribution < 1.29 is 5.11 Å². The molecule has 0 aliphatic carbocycles. The first-order valence-corrected chi connectivity index (χ1v) is 7.29. The highest BCUT2D eigenvalue weighted by Crippen LogP contribution is 2.22. The number of hydrogen-bond donors (Lipinski definition) is 2. The van der Waals surface area contributed by atoms with Gasteiger partial charge in [-0.15, -0.1) is 0 Å². The van der Waals surface area contributed by atoms with Gasteiger partial charge in [0.25, 0.3) is 0 Å². The summed E-state index contributed by atoms with van der Waals surface area (Å²) in [7, 11) is 0. The molecule has 2 N–H and O–H groups in total. The molecule has 0 spiro atoms. The van der Waals surface area contributed by atoms with E-state index in [0.29, 0.717) is 5.75 Å². The SMILES string of the molecule is Cc1ccc2ccc(Cl)cc2n1.Oc1cccc2[nH]ccc12. The number of hydrogen-bond acceptors (Lipinski definition) is 2. The van der Waals surface area contributed by atoms with Crippen molar-refractivity contribution in [3.05, 3.63) is 71.5 Å². The van der Waals surface area contributed by atoms with Gasteiger partial charge in [-0.1, -0.05) is 29.8 Å². The molecule has 4 rings (SSSR count). The van der Waals surface area contributed by atoms with Gasteiger partial charge in [0, 0.05) is 33.2 Å². The van der Waals surface area contributed by atoms with Gasteiger partial charge in [-0.2, -0.15) is 0 Å². The van der Waals surface area contributed by atoms with Gasteiger partial charge in [-0.25, -0.2) is 0 Å². The summed E-state index contributed by atoms with van der Waals surface area (Å²) in [5.41, 5.74) is 2.95. The number of phenolic OH excluding ortho intramolecular Hbond substituents is 1. The Hall–Kier alpha value is -2.52. The monoisotopic (exact) mass is 310 g/mol. The first kappa shape index (κ1) is 14.4. The van der Waals surface area contributed by atoms with Crippen LogP contribution in [0.5, 0.6) is 5.75 Å². The standard InChI is InChI=1S/C10H8ClN.C8H7NO/c1-7-2-3-8-4-5-9(11)6-10(8)12-7;10-8-3-1-2-7-6(8)4-5-9-7/h2-6H,1H3;1-5,9-10H. The number of pyridine rings is 1. The first-order valence-electron chi connectivity index (χ1n) is 6.91. The second kappa shape index (κ2) is 6.08. The number of nitrogens with one attached hydrogen (secondary N) is 1. The fourth-order valence-electron chi connectivity index (χ4n) is 2.26. The molecule has 0 unspecified atom stereocenters. The molecule has 0 aliphatic rings. The van der Waals surface area contributed by atoms with Crippen LogP contribution in [0, 0.1) is 6.92 Å². The molecule has 0 amide bonds. The molecular weight excluding hydrogens is 296 g/mol. The van der Waals surface area contributed by atoms with Gasteiger partial charge in [0.1, 0.15) is 5.75 Å². The fourth-order valence-corrected chi connectivity index (χ4v) is 2.43. The third-order valence-electron chi connectivity index (χ3n) is 3.37. The smallest absolute Gasteiger partial charge is 0.124 e. The Balaban J connectivity index is 0.000000133. The van der Waals surface area contributed by atoms with Crippen molar-refractivity contribution in [1.29, 1.82) is 0 Å². The normalized spacial score (nSPS) is 10.5. The van der Waals surface area contributed by atoms with Crippen molar-refractivity contribution >= 4 is 33.4 Å². The van der Waals surface area contributed by atoms with E-state index in [-0.39, 0.29) is 0 Å². The summed E-state index contributed by atoms with van der Waals surface area (Å²) in [5, 5.41) is 12.0. The molecule has 4 heteroatoms. The van der Waals surface area contributed by atoms with Crippen molar-refractivity contribution in [2.75, 3.05) is 0 Å². The first-order chi connectivity index (χ1) is 10.6. The zero-order valence-electron chi connectivity index (χ0n) is 12.0. The van der Waals surface area contributed by atoms with Crippen molar-refractivity contribution in [3.63, 3.8) is 0 Å². The van der Waals surface area contributed by atoms with E-state index in [1.807, 2.05) is 61.7 Å². The number of aromatic nitrogens is 2. The van der Waals surface area contributed by atoms with Gasteiger partial charge < -0.3 is 10.1 Å². The molecule has 0 saturated carbocycles. The van der Waals surface area contributed by atoms with Gasteiger partial charge in [0.2, 0.25) is 0 Å². The lowest BCUT2D eigenvalue weighted by Gasteiger charge is -1.98.